The van der Waals surface area contributed by atoms with Gasteiger partial charge in [-0.15, -0.1) is 0 Å². The summed E-state index contributed by atoms with van der Waals surface area (Å²) in [4.78, 5) is 12.0. The molecule has 1 fully saturated rings. The van der Waals surface area contributed by atoms with Gasteiger partial charge >= 0.3 is 0 Å². The second kappa shape index (κ2) is 5.54. The minimum Gasteiger partial charge on any atom is -0.323 e. The highest BCUT2D eigenvalue weighted by Crippen LogP contribution is 2.25. The van der Waals surface area contributed by atoms with Crippen LogP contribution < -0.4 is 10.6 Å². The minimum atomic E-state index is -0.106. The van der Waals surface area contributed by atoms with Gasteiger partial charge in [-0.3, -0.25) is 4.79 Å². The van der Waals surface area contributed by atoms with Gasteiger partial charge in [0, 0.05) is 3.57 Å². The molecule has 1 aliphatic heterocycles. The molecule has 2 unspecified atom stereocenters. The molecule has 0 bridgehead atoms. The van der Waals surface area contributed by atoms with Gasteiger partial charge in [-0.25, -0.2) is 0 Å². The number of halogens is 2. The van der Waals surface area contributed by atoms with Gasteiger partial charge in [-0.1, -0.05) is 18.5 Å². The Morgan fingerprint density at radius 2 is 2.35 bits per heavy atom. The fourth-order valence-corrected chi connectivity index (χ4v) is 2.89. The van der Waals surface area contributed by atoms with Gasteiger partial charge in [-0.05, 0) is 59.7 Å². The minimum absolute atomic E-state index is 0.00175. The molecule has 17 heavy (non-hydrogen) atoms. The van der Waals surface area contributed by atoms with Crippen LogP contribution in [-0.2, 0) is 4.79 Å². The predicted octanol–water partition coefficient (Wildman–Crippen LogP) is 2.88. The molecule has 0 radical (unpaired) electrons. The highest BCUT2D eigenvalue weighted by molar-refractivity contribution is 14.1. The Kier molecular flexibility index (Phi) is 4.27. The van der Waals surface area contributed by atoms with Crippen LogP contribution in [0.3, 0.4) is 0 Å². The zero-order valence-corrected chi connectivity index (χ0v) is 12.4. The summed E-state index contributed by atoms with van der Waals surface area (Å²) >= 11 is 8.26. The maximum atomic E-state index is 12.0. The van der Waals surface area contributed by atoms with Crippen molar-refractivity contribution in [2.24, 2.45) is 5.92 Å². The summed E-state index contributed by atoms with van der Waals surface area (Å²) in [6.07, 6.45) is 1.04. The predicted molar refractivity (Wildman–Crippen MR) is 78.4 cm³/mol. The molecule has 92 valence electrons. The summed E-state index contributed by atoms with van der Waals surface area (Å²) in [7, 11) is 0. The molecule has 1 aliphatic rings. The van der Waals surface area contributed by atoms with E-state index in [4.69, 9.17) is 11.6 Å². The molecular weight excluding hydrogens is 351 g/mol. The fourth-order valence-electron chi connectivity index (χ4n) is 1.99. The summed E-state index contributed by atoms with van der Waals surface area (Å²) in [6, 6.07) is 5.49. The van der Waals surface area contributed by atoms with Crippen LogP contribution in [0.4, 0.5) is 5.69 Å². The van der Waals surface area contributed by atoms with Crippen molar-refractivity contribution >= 4 is 45.8 Å². The molecule has 1 heterocycles. The molecular formula is C12H14ClIN2O. The van der Waals surface area contributed by atoms with Crippen molar-refractivity contribution in [2.75, 3.05) is 11.9 Å². The van der Waals surface area contributed by atoms with Crippen molar-refractivity contribution in [1.82, 2.24) is 5.32 Å². The second-order valence-corrected chi connectivity index (χ2v) is 5.96. The van der Waals surface area contributed by atoms with E-state index in [1.807, 2.05) is 18.2 Å². The van der Waals surface area contributed by atoms with Crippen molar-refractivity contribution in [2.45, 2.75) is 19.4 Å². The second-order valence-electron chi connectivity index (χ2n) is 4.31. The lowest BCUT2D eigenvalue weighted by molar-refractivity contribution is -0.118. The van der Waals surface area contributed by atoms with Gasteiger partial charge in [0.2, 0.25) is 5.91 Å². The number of anilines is 1. The van der Waals surface area contributed by atoms with Gasteiger partial charge in [0.25, 0.3) is 0 Å². The van der Waals surface area contributed by atoms with Crippen molar-refractivity contribution in [3.05, 3.63) is 26.8 Å². The summed E-state index contributed by atoms with van der Waals surface area (Å²) in [6.45, 7) is 2.99. The van der Waals surface area contributed by atoms with Gasteiger partial charge < -0.3 is 10.6 Å². The van der Waals surface area contributed by atoms with E-state index in [1.54, 1.807) is 0 Å². The smallest absolute Gasteiger partial charge is 0.241 e. The average molecular weight is 365 g/mol. The van der Waals surface area contributed by atoms with Crippen LogP contribution in [0.2, 0.25) is 5.02 Å². The zero-order chi connectivity index (χ0) is 12.4. The highest BCUT2D eigenvalue weighted by Gasteiger charge is 2.29. The first-order chi connectivity index (χ1) is 8.08. The van der Waals surface area contributed by atoms with Crippen LogP contribution in [0.15, 0.2) is 18.2 Å². The highest BCUT2D eigenvalue weighted by atomic mass is 127. The molecule has 3 nitrogen and oxygen atoms in total. The molecule has 0 aliphatic carbocycles. The molecule has 2 N–H and O–H groups in total. The van der Waals surface area contributed by atoms with Crippen LogP contribution in [0.5, 0.6) is 0 Å². The number of carbonyl (C=O) groups is 1. The SMILES string of the molecule is CC1CCNC1C(=O)Nc1ccc(I)cc1Cl. The number of amides is 1. The van der Waals surface area contributed by atoms with E-state index >= 15 is 0 Å². The van der Waals surface area contributed by atoms with Crippen molar-refractivity contribution in [3.63, 3.8) is 0 Å². The van der Waals surface area contributed by atoms with E-state index in [1.165, 1.54) is 0 Å². The Balaban J connectivity index is 2.07. The first kappa shape index (κ1) is 13.1. The number of rotatable bonds is 2. The summed E-state index contributed by atoms with van der Waals surface area (Å²) < 4.78 is 1.05. The Morgan fingerprint density at radius 3 is 2.94 bits per heavy atom. The van der Waals surface area contributed by atoms with Gasteiger partial charge in [0.1, 0.15) is 0 Å². The Morgan fingerprint density at radius 1 is 1.59 bits per heavy atom. The lowest BCUT2D eigenvalue weighted by Crippen LogP contribution is -2.39. The number of carbonyl (C=O) groups excluding carboxylic acids is 1. The lowest BCUT2D eigenvalue weighted by Gasteiger charge is -2.16. The van der Waals surface area contributed by atoms with Gasteiger partial charge in [0.05, 0.1) is 16.8 Å². The molecule has 1 aromatic carbocycles. The van der Waals surface area contributed by atoms with Crippen LogP contribution >= 0.6 is 34.2 Å². The maximum absolute atomic E-state index is 12.0. The number of hydrogen-bond donors (Lipinski definition) is 2. The first-order valence-electron chi connectivity index (χ1n) is 5.57. The van der Waals surface area contributed by atoms with E-state index in [0.717, 1.165) is 16.5 Å². The summed E-state index contributed by atoms with van der Waals surface area (Å²) in [5, 5.41) is 6.65. The van der Waals surface area contributed by atoms with Crippen LogP contribution in [0.1, 0.15) is 13.3 Å². The molecule has 1 aromatic rings. The van der Waals surface area contributed by atoms with Crippen LogP contribution in [0.25, 0.3) is 0 Å². The topological polar surface area (TPSA) is 41.1 Å². The van der Waals surface area contributed by atoms with E-state index in [2.05, 4.69) is 40.1 Å². The summed E-state index contributed by atoms with van der Waals surface area (Å²) in [5.41, 5.74) is 0.679. The molecule has 5 heteroatoms. The lowest BCUT2D eigenvalue weighted by atomic mass is 10.0. The fraction of sp³-hybridized carbons (Fsp3) is 0.417. The van der Waals surface area contributed by atoms with Crippen molar-refractivity contribution in [1.29, 1.82) is 0 Å². The standard InChI is InChI=1S/C12H14ClIN2O/c1-7-4-5-15-11(7)12(17)16-10-3-2-8(14)6-9(10)13/h2-3,6-7,11,15H,4-5H2,1H3,(H,16,17). The molecule has 1 saturated heterocycles. The number of benzene rings is 1. The van der Waals surface area contributed by atoms with E-state index in [-0.39, 0.29) is 11.9 Å². The summed E-state index contributed by atoms with van der Waals surface area (Å²) in [5.74, 6) is 0.371. The van der Waals surface area contributed by atoms with Crippen LogP contribution in [0, 0.1) is 9.49 Å². The van der Waals surface area contributed by atoms with Crippen molar-refractivity contribution in [3.8, 4) is 0 Å². The molecule has 2 atom stereocenters. The normalized spacial score (nSPS) is 23.7. The third kappa shape index (κ3) is 3.11. The Labute approximate surface area is 119 Å². The molecule has 0 saturated carbocycles. The largest absolute Gasteiger partial charge is 0.323 e. The number of hydrogen-bond acceptors (Lipinski definition) is 2. The third-order valence-electron chi connectivity index (χ3n) is 3.00. The van der Waals surface area contributed by atoms with Crippen LogP contribution in [-0.4, -0.2) is 18.5 Å². The average Bonchev–Trinajstić information content (AvgIpc) is 2.68. The van der Waals surface area contributed by atoms with Gasteiger partial charge in [-0.2, -0.15) is 0 Å². The Bertz CT molecular complexity index is 439. The van der Waals surface area contributed by atoms with Gasteiger partial charge in [0.15, 0.2) is 0 Å². The third-order valence-corrected chi connectivity index (χ3v) is 3.99. The number of nitrogens with one attached hydrogen (secondary N) is 2. The molecule has 0 aromatic heterocycles. The quantitative estimate of drug-likeness (QED) is 0.792. The molecule has 0 spiro atoms. The van der Waals surface area contributed by atoms with Crippen molar-refractivity contribution < 1.29 is 4.79 Å². The zero-order valence-electron chi connectivity index (χ0n) is 9.47. The first-order valence-corrected chi connectivity index (χ1v) is 7.03. The molecule has 1 amide bonds. The van der Waals surface area contributed by atoms with E-state index in [9.17, 15) is 4.79 Å². The Hall–Kier alpha value is -0.330. The maximum Gasteiger partial charge on any atom is 0.241 e. The monoisotopic (exact) mass is 364 g/mol. The van der Waals surface area contributed by atoms with E-state index < -0.39 is 0 Å². The van der Waals surface area contributed by atoms with E-state index in [0.29, 0.717) is 16.6 Å². The molecule has 2 rings (SSSR count).